The van der Waals surface area contributed by atoms with Crippen LogP contribution in [-0.2, 0) is 11.3 Å². The number of nitrogens with one attached hydrogen (secondary N) is 1. The Morgan fingerprint density at radius 3 is 2.65 bits per heavy atom. The van der Waals surface area contributed by atoms with E-state index in [4.69, 9.17) is 11.2 Å². The molecule has 26 heavy (non-hydrogen) atoms. The van der Waals surface area contributed by atoms with Crippen LogP contribution >= 0.6 is 0 Å². The third kappa shape index (κ3) is 4.98. The summed E-state index contributed by atoms with van der Waals surface area (Å²) in [7, 11) is 0. The van der Waals surface area contributed by atoms with Gasteiger partial charge in [-0.15, -0.1) is 6.42 Å². The predicted octanol–water partition coefficient (Wildman–Crippen LogP) is 0.893. The van der Waals surface area contributed by atoms with Crippen molar-refractivity contribution >= 4 is 6.03 Å². The number of hydrogen-bond acceptors (Lipinski definition) is 4. The van der Waals surface area contributed by atoms with Crippen molar-refractivity contribution in [3.8, 4) is 12.3 Å². The van der Waals surface area contributed by atoms with Crippen molar-refractivity contribution in [2.24, 2.45) is 5.92 Å². The zero-order valence-electron chi connectivity index (χ0n) is 15.1. The number of aliphatic hydroxyl groups excluding tert-OH is 1. The lowest BCUT2D eigenvalue weighted by atomic mass is 9.93. The number of nitrogens with zero attached hydrogens (tertiary/aromatic N) is 2. The highest BCUT2D eigenvalue weighted by Crippen LogP contribution is 2.19. The molecule has 0 unspecified atom stereocenters. The van der Waals surface area contributed by atoms with E-state index in [0.29, 0.717) is 39.4 Å². The van der Waals surface area contributed by atoms with Crippen molar-refractivity contribution in [1.29, 1.82) is 0 Å². The number of carbonyl (C=O) groups excluding carboxylic acids is 1. The molecule has 2 heterocycles. The fourth-order valence-electron chi connectivity index (χ4n) is 3.49. The molecule has 2 fully saturated rings. The Kier molecular flexibility index (Phi) is 6.51. The van der Waals surface area contributed by atoms with Crippen molar-refractivity contribution in [1.82, 2.24) is 15.1 Å². The van der Waals surface area contributed by atoms with Gasteiger partial charge in [-0.2, -0.15) is 0 Å². The van der Waals surface area contributed by atoms with Crippen LogP contribution in [-0.4, -0.2) is 73.0 Å². The average Bonchev–Trinajstić information content (AvgIpc) is 2.68. The fraction of sp³-hybridized carbons (Fsp3) is 0.550. The Hall–Kier alpha value is -2.07. The van der Waals surface area contributed by atoms with Gasteiger partial charge in [-0.25, -0.2) is 4.79 Å². The lowest BCUT2D eigenvalue weighted by Crippen LogP contribution is -2.51. The molecule has 140 valence electrons. The van der Waals surface area contributed by atoms with Gasteiger partial charge in [0.15, 0.2) is 0 Å². The predicted molar refractivity (Wildman–Crippen MR) is 99.6 cm³/mol. The van der Waals surface area contributed by atoms with Crippen LogP contribution in [0.25, 0.3) is 0 Å². The molecule has 1 aromatic rings. The number of likely N-dealkylation sites (tertiary alicyclic amines) is 1. The van der Waals surface area contributed by atoms with Gasteiger partial charge < -0.3 is 20.1 Å². The Bertz CT molecular complexity index is 635. The van der Waals surface area contributed by atoms with E-state index in [1.54, 1.807) is 4.90 Å². The smallest absolute Gasteiger partial charge is 0.317 e. The van der Waals surface area contributed by atoms with Gasteiger partial charge in [0.25, 0.3) is 0 Å². The third-order valence-electron chi connectivity index (χ3n) is 5.15. The highest BCUT2D eigenvalue weighted by molar-refractivity contribution is 5.74. The topological polar surface area (TPSA) is 65.0 Å². The first-order valence-corrected chi connectivity index (χ1v) is 9.22. The molecular formula is C20H27N3O3. The molecule has 2 aliphatic heterocycles. The van der Waals surface area contributed by atoms with E-state index in [1.807, 2.05) is 24.3 Å². The van der Waals surface area contributed by atoms with Crippen LogP contribution < -0.4 is 5.32 Å². The number of β-amino-alcohol motifs (C(OH)–C–C–N with tert-alkyl or cyclic N) is 1. The summed E-state index contributed by atoms with van der Waals surface area (Å²) >= 11 is 0. The summed E-state index contributed by atoms with van der Waals surface area (Å²) in [4.78, 5) is 16.2. The summed E-state index contributed by atoms with van der Waals surface area (Å²) in [6.45, 7) is 5.29. The van der Waals surface area contributed by atoms with E-state index in [1.165, 1.54) is 5.56 Å². The second-order valence-electron chi connectivity index (χ2n) is 6.98. The molecule has 2 N–H and O–H groups in total. The van der Waals surface area contributed by atoms with Gasteiger partial charge in [0.1, 0.15) is 0 Å². The maximum Gasteiger partial charge on any atom is 0.317 e. The quantitative estimate of drug-likeness (QED) is 0.786. The first-order valence-electron chi connectivity index (χ1n) is 9.22. The minimum absolute atomic E-state index is 0.0588. The fourth-order valence-corrected chi connectivity index (χ4v) is 3.49. The molecule has 0 saturated carbocycles. The first-order chi connectivity index (χ1) is 12.7. The Balaban J connectivity index is 1.42. The second kappa shape index (κ2) is 9.04. The summed E-state index contributed by atoms with van der Waals surface area (Å²) in [6.07, 6.45) is 5.82. The number of rotatable bonds is 4. The van der Waals surface area contributed by atoms with Crippen LogP contribution in [0.2, 0.25) is 0 Å². The normalized spacial score (nSPS) is 24.1. The van der Waals surface area contributed by atoms with Crippen molar-refractivity contribution in [2.75, 3.05) is 45.9 Å². The van der Waals surface area contributed by atoms with E-state index in [9.17, 15) is 9.90 Å². The minimum atomic E-state index is -0.432. The van der Waals surface area contributed by atoms with Gasteiger partial charge in [0.2, 0.25) is 0 Å². The summed E-state index contributed by atoms with van der Waals surface area (Å²) in [5.74, 6) is 2.72. The van der Waals surface area contributed by atoms with Gasteiger partial charge in [-0.1, -0.05) is 18.1 Å². The number of urea groups is 1. The maximum absolute atomic E-state index is 12.2. The number of ether oxygens (including phenoxy) is 1. The molecule has 0 aromatic heterocycles. The molecule has 0 spiro atoms. The zero-order valence-corrected chi connectivity index (χ0v) is 15.1. The van der Waals surface area contributed by atoms with Crippen LogP contribution in [0.4, 0.5) is 4.79 Å². The minimum Gasteiger partial charge on any atom is -0.391 e. The van der Waals surface area contributed by atoms with E-state index in [0.717, 1.165) is 25.1 Å². The van der Waals surface area contributed by atoms with Crippen LogP contribution in [0.15, 0.2) is 24.3 Å². The Morgan fingerprint density at radius 1 is 1.27 bits per heavy atom. The van der Waals surface area contributed by atoms with Gasteiger partial charge in [-0.05, 0) is 30.7 Å². The number of carbonyl (C=O) groups is 1. The molecule has 2 atom stereocenters. The molecule has 6 nitrogen and oxygen atoms in total. The maximum atomic E-state index is 12.2. The van der Waals surface area contributed by atoms with Crippen molar-refractivity contribution in [2.45, 2.75) is 19.1 Å². The molecule has 2 saturated heterocycles. The zero-order chi connectivity index (χ0) is 18.4. The standard InChI is InChI=1S/C20H27N3O3/c1-2-16-3-5-17(6-4-16)14-22-8-7-18(19(24)15-22)13-21-20(25)23-9-11-26-12-10-23/h1,3-6,18-19,24H,7-15H2,(H,21,25)/t18-,19+/m0/s1. The van der Waals surface area contributed by atoms with Crippen molar-refractivity contribution < 1.29 is 14.6 Å². The Labute approximate surface area is 155 Å². The number of hydrogen-bond donors (Lipinski definition) is 2. The molecule has 0 radical (unpaired) electrons. The number of aliphatic hydroxyl groups is 1. The van der Waals surface area contributed by atoms with Gasteiger partial charge in [-0.3, -0.25) is 4.90 Å². The number of morpholine rings is 1. The Morgan fingerprint density at radius 2 is 2.00 bits per heavy atom. The molecule has 2 aliphatic rings. The van der Waals surface area contributed by atoms with Crippen LogP contribution in [0.1, 0.15) is 17.5 Å². The lowest BCUT2D eigenvalue weighted by molar-refractivity contribution is 0.0181. The second-order valence-corrected chi connectivity index (χ2v) is 6.98. The van der Waals surface area contributed by atoms with Gasteiger partial charge in [0.05, 0.1) is 19.3 Å². The molecule has 1 aromatic carbocycles. The highest BCUT2D eigenvalue weighted by atomic mass is 16.5. The molecule has 2 amide bonds. The largest absolute Gasteiger partial charge is 0.391 e. The lowest BCUT2D eigenvalue weighted by Gasteiger charge is -2.36. The van der Waals surface area contributed by atoms with Gasteiger partial charge >= 0.3 is 6.03 Å². The average molecular weight is 357 g/mol. The SMILES string of the molecule is C#Cc1ccc(CN2CC[C@@H](CNC(=O)N3CCOCC3)[C@H](O)C2)cc1. The van der Waals surface area contributed by atoms with Gasteiger partial charge in [0, 0.05) is 44.2 Å². The summed E-state index contributed by atoms with van der Waals surface area (Å²) in [5.41, 5.74) is 2.07. The van der Waals surface area contributed by atoms with Crippen molar-refractivity contribution in [3.63, 3.8) is 0 Å². The number of benzene rings is 1. The number of piperidine rings is 1. The van der Waals surface area contributed by atoms with E-state index in [-0.39, 0.29) is 11.9 Å². The molecule has 0 aliphatic carbocycles. The van der Waals surface area contributed by atoms with Crippen LogP contribution in [0, 0.1) is 18.3 Å². The number of terminal acetylenes is 1. The number of amides is 2. The highest BCUT2D eigenvalue weighted by Gasteiger charge is 2.28. The molecule has 6 heteroatoms. The molecular weight excluding hydrogens is 330 g/mol. The summed E-state index contributed by atoms with van der Waals surface area (Å²) in [5, 5.41) is 13.4. The van der Waals surface area contributed by atoms with Crippen LogP contribution in [0.5, 0.6) is 0 Å². The third-order valence-corrected chi connectivity index (χ3v) is 5.15. The summed E-state index contributed by atoms with van der Waals surface area (Å²) in [6, 6.07) is 7.91. The van der Waals surface area contributed by atoms with E-state index >= 15 is 0 Å². The monoisotopic (exact) mass is 357 g/mol. The van der Waals surface area contributed by atoms with Crippen LogP contribution in [0.3, 0.4) is 0 Å². The summed E-state index contributed by atoms with van der Waals surface area (Å²) < 4.78 is 5.26. The molecule has 3 rings (SSSR count). The first kappa shape index (κ1) is 18.7. The van der Waals surface area contributed by atoms with E-state index in [2.05, 4.69) is 16.1 Å². The van der Waals surface area contributed by atoms with Crippen molar-refractivity contribution in [3.05, 3.63) is 35.4 Å². The molecule has 0 bridgehead atoms. The van der Waals surface area contributed by atoms with E-state index < -0.39 is 6.10 Å².